The van der Waals surface area contributed by atoms with Crippen LogP contribution >= 0.6 is 0 Å². The van der Waals surface area contributed by atoms with E-state index in [2.05, 4.69) is 10.3 Å². The number of halogens is 3. The van der Waals surface area contributed by atoms with Crippen LogP contribution < -0.4 is 5.32 Å². The third-order valence-electron chi connectivity index (χ3n) is 3.65. The van der Waals surface area contributed by atoms with E-state index < -0.39 is 11.7 Å². The molecule has 2 N–H and O–H groups in total. The molecule has 0 saturated carbocycles. The monoisotopic (exact) mass is 338 g/mol. The van der Waals surface area contributed by atoms with Crippen LogP contribution in [0.2, 0.25) is 0 Å². The number of nitrogens with zero attached hydrogens (tertiary/aromatic N) is 1. The molecule has 1 aromatic carbocycles. The summed E-state index contributed by atoms with van der Waals surface area (Å²) < 4.78 is 37.8. The van der Waals surface area contributed by atoms with E-state index in [0.29, 0.717) is 24.3 Å². The van der Waals surface area contributed by atoms with Crippen molar-refractivity contribution < 1.29 is 18.3 Å². The summed E-state index contributed by atoms with van der Waals surface area (Å²) in [4.78, 5) is 4.47. The third-order valence-corrected chi connectivity index (χ3v) is 3.65. The van der Waals surface area contributed by atoms with Crippen LogP contribution in [0.3, 0.4) is 0 Å². The van der Waals surface area contributed by atoms with E-state index in [1.807, 2.05) is 26.0 Å². The molecule has 1 heterocycles. The summed E-state index contributed by atoms with van der Waals surface area (Å²) in [6, 6.07) is 10.4. The van der Waals surface area contributed by atoms with Crippen LogP contribution in [0.25, 0.3) is 11.3 Å². The zero-order valence-electron chi connectivity index (χ0n) is 13.7. The van der Waals surface area contributed by atoms with Crippen LogP contribution in [0.15, 0.2) is 42.5 Å². The summed E-state index contributed by atoms with van der Waals surface area (Å²) in [5.74, 6) is 0. The van der Waals surface area contributed by atoms with Gasteiger partial charge in [0.2, 0.25) is 0 Å². The van der Waals surface area contributed by atoms with E-state index in [-0.39, 0.29) is 12.0 Å². The Morgan fingerprint density at radius 2 is 1.71 bits per heavy atom. The first-order valence-electron chi connectivity index (χ1n) is 7.66. The molecule has 3 nitrogen and oxygen atoms in total. The van der Waals surface area contributed by atoms with Gasteiger partial charge < -0.3 is 10.4 Å². The van der Waals surface area contributed by atoms with Crippen LogP contribution in [0.4, 0.5) is 13.2 Å². The molecule has 2 aromatic rings. The number of pyridine rings is 1. The van der Waals surface area contributed by atoms with Crippen molar-refractivity contribution in [2.24, 2.45) is 5.41 Å². The van der Waals surface area contributed by atoms with Crippen molar-refractivity contribution in [3.8, 4) is 11.3 Å². The zero-order valence-corrected chi connectivity index (χ0v) is 13.7. The standard InChI is InChI=1S/C18H21F3N2O/c1-17(2,12-24)11-22-10-15-4-3-5-16(23-15)13-6-8-14(9-7-13)18(19,20)21/h3-9,22,24H,10-12H2,1-2H3. The maximum Gasteiger partial charge on any atom is 0.416 e. The molecule has 130 valence electrons. The smallest absolute Gasteiger partial charge is 0.396 e. The van der Waals surface area contributed by atoms with Crippen molar-refractivity contribution in [3.63, 3.8) is 0 Å². The van der Waals surface area contributed by atoms with Gasteiger partial charge in [-0.3, -0.25) is 4.98 Å². The molecule has 0 atom stereocenters. The van der Waals surface area contributed by atoms with E-state index in [9.17, 15) is 18.3 Å². The van der Waals surface area contributed by atoms with Gasteiger partial charge in [0.1, 0.15) is 0 Å². The van der Waals surface area contributed by atoms with Gasteiger partial charge in [-0.05, 0) is 24.3 Å². The molecule has 0 aliphatic rings. The van der Waals surface area contributed by atoms with Gasteiger partial charge in [-0.15, -0.1) is 0 Å². The van der Waals surface area contributed by atoms with Gasteiger partial charge in [-0.25, -0.2) is 0 Å². The average molecular weight is 338 g/mol. The second kappa shape index (κ2) is 7.32. The molecular formula is C18H21F3N2O. The number of aromatic nitrogens is 1. The van der Waals surface area contributed by atoms with Crippen LogP contribution in [-0.4, -0.2) is 23.2 Å². The molecule has 6 heteroatoms. The highest BCUT2D eigenvalue weighted by atomic mass is 19.4. The lowest BCUT2D eigenvalue weighted by Crippen LogP contribution is -2.32. The molecule has 0 aliphatic carbocycles. The van der Waals surface area contributed by atoms with Gasteiger partial charge in [0.25, 0.3) is 0 Å². The van der Waals surface area contributed by atoms with Crippen LogP contribution in [0, 0.1) is 5.41 Å². The van der Waals surface area contributed by atoms with Gasteiger partial charge in [0.05, 0.1) is 17.0 Å². The number of rotatable bonds is 6. The summed E-state index contributed by atoms with van der Waals surface area (Å²) in [6.07, 6.45) is -4.34. The maximum atomic E-state index is 12.6. The Hall–Kier alpha value is -1.92. The van der Waals surface area contributed by atoms with Gasteiger partial charge in [-0.1, -0.05) is 32.0 Å². The highest BCUT2D eigenvalue weighted by Gasteiger charge is 2.30. The second-order valence-corrected chi connectivity index (χ2v) is 6.52. The molecule has 0 fully saturated rings. The Morgan fingerprint density at radius 3 is 2.29 bits per heavy atom. The van der Waals surface area contributed by atoms with E-state index in [0.717, 1.165) is 17.8 Å². The van der Waals surface area contributed by atoms with Crippen LogP contribution in [0.5, 0.6) is 0 Å². The van der Waals surface area contributed by atoms with Crippen LogP contribution in [0.1, 0.15) is 25.1 Å². The van der Waals surface area contributed by atoms with Crippen molar-refractivity contribution in [1.82, 2.24) is 10.3 Å². The molecular weight excluding hydrogens is 317 g/mol. The topological polar surface area (TPSA) is 45.1 Å². The fourth-order valence-electron chi connectivity index (χ4n) is 2.15. The Bertz CT molecular complexity index is 667. The fourth-order valence-corrected chi connectivity index (χ4v) is 2.15. The number of hydrogen-bond donors (Lipinski definition) is 2. The van der Waals surface area contributed by atoms with Gasteiger partial charge in [0.15, 0.2) is 0 Å². The van der Waals surface area contributed by atoms with Crippen molar-refractivity contribution in [2.45, 2.75) is 26.6 Å². The van der Waals surface area contributed by atoms with Gasteiger partial charge in [0, 0.05) is 30.7 Å². The summed E-state index contributed by atoms with van der Waals surface area (Å²) in [6.45, 7) is 5.14. The lowest BCUT2D eigenvalue weighted by molar-refractivity contribution is -0.137. The largest absolute Gasteiger partial charge is 0.416 e. The number of benzene rings is 1. The Balaban J connectivity index is 2.07. The molecule has 24 heavy (non-hydrogen) atoms. The summed E-state index contributed by atoms with van der Waals surface area (Å²) in [7, 11) is 0. The number of aliphatic hydroxyl groups excluding tert-OH is 1. The molecule has 0 unspecified atom stereocenters. The highest BCUT2D eigenvalue weighted by molar-refractivity contribution is 5.59. The third kappa shape index (κ3) is 5.04. The minimum atomic E-state index is -4.34. The first kappa shape index (κ1) is 18.4. The normalized spacial score (nSPS) is 12.4. The van der Waals surface area contributed by atoms with Crippen molar-refractivity contribution in [1.29, 1.82) is 0 Å². The number of nitrogens with one attached hydrogen (secondary N) is 1. The first-order valence-corrected chi connectivity index (χ1v) is 7.66. The molecule has 2 rings (SSSR count). The minimum Gasteiger partial charge on any atom is -0.396 e. The number of alkyl halides is 3. The van der Waals surface area contributed by atoms with Gasteiger partial charge in [-0.2, -0.15) is 13.2 Å². The van der Waals surface area contributed by atoms with E-state index in [4.69, 9.17) is 0 Å². The van der Waals surface area contributed by atoms with Crippen molar-refractivity contribution in [3.05, 3.63) is 53.7 Å². The Labute approximate surface area is 139 Å². The SMILES string of the molecule is CC(C)(CO)CNCc1cccc(-c2ccc(C(F)(F)F)cc2)n1. The number of aliphatic hydroxyl groups is 1. The summed E-state index contributed by atoms with van der Waals surface area (Å²) in [5.41, 5.74) is 1.17. The predicted octanol–water partition coefficient (Wildman–Crippen LogP) is 3.88. The molecule has 0 aliphatic heterocycles. The Morgan fingerprint density at radius 1 is 1.04 bits per heavy atom. The molecule has 0 amide bonds. The van der Waals surface area contributed by atoms with Crippen molar-refractivity contribution in [2.75, 3.05) is 13.2 Å². The van der Waals surface area contributed by atoms with E-state index in [1.165, 1.54) is 12.1 Å². The lowest BCUT2D eigenvalue weighted by Gasteiger charge is -2.21. The molecule has 0 bridgehead atoms. The average Bonchev–Trinajstić information content (AvgIpc) is 2.54. The predicted molar refractivity (Wildman–Crippen MR) is 87.2 cm³/mol. The van der Waals surface area contributed by atoms with E-state index >= 15 is 0 Å². The first-order chi connectivity index (χ1) is 11.2. The van der Waals surface area contributed by atoms with Crippen LogP contribution in [-0.2, 0) is 12.7 Å². The number of hydrogen-bond acceptors (Lipinski definition) is 3. The Kier molecular flexibility index (Phi) is 5.62. The summed E-state index contributed by atoms with van der Waals surface area (Å²) >= 11 is 0. The maximum absolute atomic E-state index is 12.6. The highest BCUT2D eigenvalue weighted by Crippen LogP contribution is 2.30. The minimum absolute atomic E-state index is 0.0824. The molecule has 0 spiro atoms. The molecule has 1 aromatic heterocycles. The fraction of sp³-hybridized carbons (Fsp3) is 0.389. The van der Waals surface area contributed by atoms with E-state index in [1.54, 1.807) is 6.07 Å². The quantitative estimate of drug-likeness (QED) is 0.840. The summed E-state index contributed by atoms with van der Waals surface area (Å²) in [5, 5.41) is 12.5. The van der Waals surface area contributed by atoms with Gasteiger partial charge >= 0.3 is 6.18 Å². The molecule has 0 radical (unpaired) electrons. The molecule has 0 saturated heterocycles. The van der Waals surface area contributed by atoms with Crippen molar-refractivity contribution >= 4 is 0 Å². The zero-order chi connectivity index (χ0) is 17.8. The second-order valence-electron chi connectivity index (χ2n) is 6.52. The lowest BCUT2D eigenvalue weighted by atomic mass is 9.95.